The average Bonchev–Trinajstić information content (AvgIpc) is 3.37. The third-order valence-corrected chi connectivity index (χ3v) is 5.70. The Bertz CT molecular complexity index is 690. The zero-order valence-corrected chi connectivity index (χ0v) is 15.2. The Morgan fingerprint density at radius 1 is 1.15 bits per heavy atom. The summed E-state index contributed by atoms with van der Waals surface area (Å²) in [6, 6.07) is 6.64. The fourth-order valence-electron chi connectivity index (χ4n) is 4.24. The molecule has 3 N–H and O–H groups in total. The number of methoxy groups -OCH3 is 1. The molecule has 1 aromatic carbocycles. The van der Waals surface area contributed by atoms with Crippen molar-refractivity contribution < 1.29 is 14.3 Å². The SMILES string of the molecule is COc1ccc(NC(=O)CC2CC3CCC(C2)N3)c(C(=O)NC2CC2)c1. The van der Waals surface area contributed by atoms with Crippen LogP contribution < -0.4 is 20.7 Å². The zero-order chi connectivity index (χ0) is 18.1. The molecule has 6 heteroatoms. The molecule has 0 spiro atoms. The molecule has 3 aliphatic rings. The van der Waals surface area contributed by atoms with Crippen molar-refractivity contribution in [2.75, 3.05) is 12.4 Å². The summed E-state index contributed by atoms with van der Waals surface area (Å²) in [5.74, 6) is 0.873. The molecule has 2 unspecified atom stereocenters. The van der Waals surface area contributed by atoms with Gasteiger partial charge in [-0.1, -0.05) is 0 Å². The van der Waals surface area contributed by atoms with Crippen LogP contribution in [0.15, 0.2) is 18.2 Å². The van der Waals surface area contributed by atoms with Crippen LogP contribution in [0.25, 0.3) is 0 Å². The van der Waals surface area contributed by atoms with E-state index in [4.69, 9.17) is 4.74 Å². The van der Waals surface area contributed by atoms with Crippen molar-refractivity contribution in [1.29, 1.82) is 0 Å². The number of amides is 2. The molecule has 2 atom stereocenters. The minimum atomic E-state index is -0.151. The van der Waals surface area contributed by atoms with E-state index < -0.39 is 0 Å². The first-order valence-electron chi connectivity index (χ1n) is 9.65. The maximum absolute atomic E-state index is 12.6. The van der Waals surface area contributed by atoms with Crippen LogP contribution in [-0.2, 0) is 4.79 Å². The highest BCUT2D eigenvalue weighted by molar-refractivity contribution is 6.04. The molecule has 2 amide bonds. The largest absolute Gasteiger partial charge is 0.497 e. The number of fused-ring (bicyclic) bond motifs is 2. The quantitative estimate of drug-likeness (QED) is 0.731. The lowest BCUT2D eigenvalue weighted by Crippen LogP contribution is -2.39. The van der Waals surface area contributed by atoms with Gasteiger partial charge in [-0.2, -0.15) is 0 Å². The monoisotopic (exact) mass is 357 g/mol. The fraction of sp³-hybridized carbons (Fsp3) is 0.600. The average molecular weight is 357 g/mol. The van der Waals surface area contributed by atoms with Crippen LogP contribution in [0.5, 0.6) is 5.75 Å². The Morgan fingerprint density at radius 2 is 1.88 bits per heavy atom. The number of hydrogen-bond donors (Lipinski definition) is 3. The van der Waals surface area contributed by atoms with Gasteiger partial charge in [0.05, 0.1) is 18.4 Å². The van der Waals surface area contributed by atoms with Crippen molar-refractivity contribution in [1.82, 2.24) is 10.6 Å². The number of rotatable bonds is 6. The molecule has 1 aliphatic carbocycles. The van der Waals surface area contributed by atoms with E-state index in [1.807, 2.05) is 0 Å². The van der Waals surface area contributed by atoms with Crippen molar-refractivity contribution in [2.24, 2.45) is 5.92 Å². The minimum absolute atomic E-state index is 0.0121. The number of hydrogen-bond acceptors (Lipinski definition) is 4. The lowest BCUT2D eigenvalue weighted by molar-refractivity contribution is -0.117. The van der Waals surface area contributed by atoms with Crippen molar-refractivity contribution in [3.63, 3.8) is 0 Å². The van der Waals surface area contributed by atoms with Crippen LogP contribution in [0.1, 0.15) is 55.3 Å². The molecule has 1 saturated carbocycles. The first-order valence-corrected chi connectivity index (χ1v) is 9.65. The third-order valence-electron chi connectivity index (χ3n) is 5.70. The van der Waals surface area contributed by atoms with Crippen LogP contribution in [0.4, 0.5) is 5.69 Å². The number of carbonyl (C=O) groups excluding carboxylic acids is 2. The number of carbonyl (C=O) groups is 2. The maximum atomic E-state index is 12.6. The lowest BCUT2D eigenvalue weighted by Gasteiger charge is -2.28. The number of anilines is 1. The Hall–Kier alpha value is -2.08. The van der Waals surface area contributed by atoms with Crippen LogP contribution in [0.3, 0.4) is 0 Å². The summed E-state index contributed by atoms with van der Waals surface area (Å²) >= 11 is 0. The van der Waals surface area contributed by atoms with Crippen molar-refractivity contribution in [3.05, 3.63) is 23.8 Å². The standard InChI is InChI=1S/C20H27N3O3/c1-26-16-6-7-18(17(11-16)20(25)22-13-2-3-13)23-19(24)10-12-8-14-4-5-15(9-12)21-14/h6-7,11-15,21H,2-5,8-10H2,1H3,(H,22,25)(H,23,24). The molecule has 2 saturated heterocycles. The van der Waals surface area contributed by atoms with E-state index in [-0.39, 0.29) is 17.9 Å². The predicted molar refractivity (Wildman–Crippen MR) is 99.4 cm³/mol. The molecule has 26 heavy (non-hydrogen) atoms. The summed E-state index contributed by atoms with van der Waals surface area (Å²) in [4.78, 5) is 25.1. The molecule has 2 heterocycles. The number of benzene rings is 1. The molecule has 2 aliphatic heterocycles. The van der Waals surface area contributed by atoms with Crippen molar-refractivity contribution in [2.45, 2.75) is 63.1 Å². The van der Waals surface area contributed by atoms with Crippen LogP contribution in [0, 0.1) is 5.92 Å². The first-order chi connectivity index (χ1) is 12.6. The lowest BCUT2D eigenvalue weighted by atomic mass is 9.89. The summed E-state index contributed by atoms with van der Waals surface area (Å²) in [7, 11) is 1.57. The summed E-state index contributed by atoms with van der Waals surface area (Å²) < 4.78 is 5.24. The van der Waals surface area contributed by atoms with Gasteiger partial charge in [0.2, 0.25) is 5.91 Å². The molecule has 3 fully saturated rings. The van der Waals surface area contributed by atoms with Crippen LogP contribution >= 0.6 is 0 Å². The topological polar surface area (TPSA) is 79.5 Å². The minimum Gasteiger partial charge on any atom is -0.497 e. The predicted octanol–water partition coefficient (Wildman–Crippen LogP) is 2.45. The molecule has 0 aromatic heterocycles. The molecule has 2 bridgehead atoms. The van der Waals surface area contributed by atoms with Gasteiger partial charge in [-0.25, -0.2) is 0 Å². The van der Waals surface area contributed by atoms with Gasteiger partial charge >= 0.3 is 0 Å². The second kappa shape index (κ2) is 7.27. The van der Waals surface area contributed by atoms with Gasteiger partial charge in [0.25, 0.3) is 5.91 Å². The molecule has 4 rings (SSSR count). The van der Waals surface area contributed by atoms with Gasteiger partial charge in [-0.3, -0.25) is 9.59 Å². The third kappa shape index (κ3) is 4.01. The van der Waals surface area contributed by atoms with Gasteiger partial charge < -0.3 is 20.7 Å². The van der Waals surface area contributed by atoms with E-state index in [1.54, 1.807) is 25.3 Å². The van der Waals surface area contributed by atoms with Crippen LogP contribution in [0.2, 0.25) is 0 Å². The smallest absolute Gasteiger partial charge is 0.253 e. The van der Waals surface area contributed by atoms with E-state index in [2.05, 4.69) is 16.0 Å². The summed E-state index contributed by atoms with van der Waals surface area (Å²) in [5, 5.41) is 9.55. The van der Waals surface area contributed by atoms with E-state index in [1.165, 1.54) is 12.8 Å². The highest BCUT2D eigenvalue weighted by atomic mass is 16.5. The van der Waals surface area contributed by atoms with Crippen LogP contribution in [-0.4, -0.2) is 37.0 Å². The van der Waals surface area contributed by atoms with E-state index in [0.29, 0.717) is 41.4 Å². The molecule has 140 valence electrons. The number of piperidine rings is 1. The Balaban J connectivity index is 1.42. The summed E-state index contributed by atoms with van der Waals surface area (Å²) in [6.07, 6.45) is 7.16. The Kier molecular flexibility index (Phi) is 4.85. The second-order valence-electron chi connectivity index (χ2n) is 7.89. The number of nitrogens with one attached hydrogen (secondary N) is 3. The molecular weight excluding hydrogens is 330 g/mol. The molecular formula is C20H27N3O3. The highest BCUT2D eigenvalue weighted by Crippen LogP contribution is 2.33. The summed E-state index contributed by atoms with van der Waals surface area (Å²) in [6.45, 7) is 0. The van der Waals surface area contributed by atoms with Gasteiger partial charge in [-0.15, -0.1) is 0 Å². The molecule has 1 aromatic rings. The number of ether oxygens (including phenoxy) is 1. The van der Waals surface area contributed by atoms with E-state index >= 15 is 0 Å². The first kappa shape index (κ1) is 17.3. The fourth-order valence-corrected chi connectivity index (χ4v) is 4.24. The molecule has 6 nitrogen and oxygen atoms in total. The van der Waals surface area contributed by atoms with Crippen molar-refractivity contribution >= 4 is 17.5 Å². The Morgan fingerprint density at radius 3 is 2.54 bits per heavy atom. The van der Waals surface area contributed by atoms with Gasteiger partial charge in [0, 0.05) is 24.5 Å². The van der Waals surface area contributed by atoms with Gasteiger partial charge in [0.15, 0.2) is 0 Å². The van der Waals surface area contributed by atoms with E-state index in [0.717, 1.165) is 25.7 Å². The Labute approximate surface area is 154 Å². The highest BCUT2D eigenvalue weighted by Gasteiger charge is 2.34. The van der Waals surface area contributed by atoms with Crippen molar-refractivity contribution in [3.8, 4) is 5.75 Å². The van der Waals surface area contributed by atoms with Gasteiger partial charge in [0.1, 0.15) is 5.75 Å². The molecule has 0 radical (unpaired) electrons. The maximum Gasteiger partial charge on any atom is 0.253 e. The van der Waals surface area contributed by atoms with Gasteiger partial charge in [-0.05, 0) is 62.6 Å². The second-order valence-corrected chi connectivity index (χ2v) is 7.89. The normalized spacial score (nSPS) is 27.0. The zero-order valence-electron chi connectivity index (χ0n) is 15.2. The summed E-state index contributed by atoms with van der Waals surface area (Å²) in [5.41, 5.74) is 1.03. The van der Waals surface area contributed by atoms with E-state index in [9.17, 15) is 9.59 Å².